The monoisotopic (exact) mass is 306 g/mol. The van der Waals surface area contributed by atoms with Crippen molar-refractivity contribution in [2.75, 3.05) is 19.6 Å². The molecule has 0 atom stereocenters. The maximum absolute atomic E-state index is 12.9. The molecule has 0 spiro atoms. The highest BCUT2D eigenvalue weighted by molar-refractivity contribution is 6.31. The molecule has 2 aliphatic rings. The molecule has 1 aliphatic carbocycles. The Kier molecular flexibility index (Phi) is 4.51. The molecule has 1 N–H and O–H groups in total. The van der Waals surface area contributed by atoms with E-state index in [1.54, 1.807) is 0 Å². The topological polar surface area (TPSA) is 32.3 Å². The second-order valence-electron chi connectivity index (χ2n) is 6.34. The van der Waals surface area contributed by atoms with Crippen molar-refractivity contribution < 1.29 is 4.79 Å². The van der Waals surface area contributed by atoms with E-state index in [-0.39, 0.29) is 5.91 Å². The Labute approximate surface area is 131 Å². The van der Waals surface area contributed by atoms with Gasteiger partial charge in [-0.3, -0.25) is 4.79 Å². The maximum Gasteiger partial charge on any atom is 0.254 e. The SMILES string of the molecule is Cc1ccc(Cl)cc1C(=O)N(CC1CCNCC1)C1CC1. The third-order valence-corrected chi connectivity index (χ3v) is 4.83. The van der Waals surface area contributed by atoms with Gasteiger partial charge >= 0.3 is 0 Å². The summed E-state index contributed by atoms with van der Waals surface area (Å²) in [6.45, 7) is 5.04. The van der Waals surface area contributed by atoms with Crippen molar-refractivity contribution >= 4 is 17.5 Å². The van der Waals surface area contributed by atoms with Crippen LogP contribution >= 0.6 is 11.6 Å². The molecule has 1 aromatic carbocycles. The summed E-state index contributed by atoms with van der Waals surface area (Å²) < 4.78 is 0. The van der Waals surface area contributed by atoms with Gasteiger partial charge in [0.05, 0.1) is 0 Å². The highest BCUT2D eigenvalue weighted by atomic mass is 35.5. The molecular weight excluding hydrogens is 284 g/mol. The fraction of sp³-hybridized carbons (Fsp3) is 0.588. The quantitative estimate of drug-likeness (QED) is 0.926. The summed E-state index contributed by atoms with van der Waals surface area (Å²) in [5.41, 5.74) is 1.78. The van der Waals surface area contributed by atoms with Crippen LogP contribution in [0.1, 0.15) is 41.6 Å². The van der Waals surface area contributed by atoms with Gasteiger partial charge in [-0.25, -0.2) is 0 Å². The minimum absolute atomic E-state index is 0.163. The minimum Gasteiger partial charge on any atom is -0.335 e. The minimum atomic E-state index is 0.163. The van der Waals surface area contributed by atoms with Crippen LogP contribution in [0.5, 0.6) is 0 Å². The third kappa shape index (κ3) is 3.58. The van der Waals surface area contributed by atoms with Crippen LogP contribution in [0.25, 0.3) is 0 Å². The van der Waals surface area contributed by atoms with E-state index in [4.69, 9.17) is 11.6 Å². The van der Waals surface area contributed by atoms with Crippen LogP contribution in [0.4, 0.5) is 0 Å². The van der Waals surface area contributed by atoms with E-state index in [1.165, 1.54) is 12.8 Å². The smallest absolute Gasteiger partial charge is 0.254 e. The van der Waals surface area contributed by atoms with Gasteiger partial charge in [0.25, 0.3) is 5.91 Å². The summed E-state index contributed by atoms with van der Waals surface area (Å²) in [5.74, 6) is 0.798. The lowest BCUT2D eigenvalue weighted by Crippen LogP contribution is -2.40. The Morgan fingerprint density at radius 1 is 1.29 bits per heavy atom. The number of rotatable bonds is 4. The lowest BCUT2D eigenvalue weighted by Gasteiger charge is -2.30. The number of hydrogen-bond donors (Lipinski definition) is 1. The first kappa shape index (κ1) is 14.9. The number of piperidine rings is 1. The molecule has 0 unspecified atom stereocenters. The molecule has 1 heterocycles. The molecule has 3 nitrogen and oxygen atoms in total. The van der Waals surface area contributed by atoms with Gasteiger partial charge in [0.2, 0.25) is 0 Å². The number of carbonyl (C=O) groups excluding carboxylic acids is 1. The highest BCUT2D eigenvalue weighted by Gasteiger charge is 2.35. The number of nitrogens with zero attached hydrogens (tertiary/aromatic N) is 1. The zero-order chi connectivity index (χ0) is 14.8. The first-order valence-electron chi connectivity index (χ1n) is 7.93. The lowest BCUT2D eigenvalue weighted by atomic mass is 9.97. The van der Waals surface area contributed by atoms with E-state index in [0.717, 1.165) is 43.6 Å². The first-order chi connectivity index (χ1) is 10.1. The van der Waals surface area contributed by atoms with E-state index in [1.807, 2.05) is 25.1 Å². The molecule has 0 bridgehead atoms. The van der Waals surface area contributed by atoms with Crippen molar-refractivity contribution in [3.05, 3.63) is 34.3 Å². The van der Waals surface area contributed by atoms with E-state index >= 15 is 0 Å². The normalized spacial score (nSPS) is 19.5. The van der Waals surface area contributed by atoms with Crippen LogP contribution in [-0.2, 0) is 0 Å². The average Bonchev–Trinajstić information content (AvgIpc) is 3.32. The molecule has 21 heavy (non-hydrogen) atoms. The molecule has 1 aromatic rings. The van der Waals surface area contributed by atoms with Gasteiger partial charge < -0.3 is 10.2 Å². The summed E-state index contributed by atoms with van der Waals surface area (Å²) in [6, 6.07) is 6.05. The molecule has 0 radical (unpaired) electrons. The average molecular weight is 307 g/mol. The van der Waals surface area contributed by atoms with Crippen LogP contribution in [0, 0.1) is 12.8 Å². The van der Waals surface area contributed by atoms with Gasteiger partial charge in [-0.1, -0.05) is 17.7 Å². The summed E-state index contributed by atoms with van der Waals surface area (Å²) in [5, 5.41) is 4.03. The van der Waals surface area contributed by atoms with Crippen molar-refractivity contribution in [3.8, 4) is 0 Å². The molecule has 114 valence electrons. The van der Waals surface area contributed by atoms with Crippen molar-refractivity contribution in [2.24, 2.45) is 5.92 Å². The molecule has 1 aliphatic heterocycles. The van der Waals surface area contributed by atoms with E-state index in [9.17, 15) is 4.79 Å². The molecule has 3 rings (SSSR count). The lowest BCUT2D eigenvalue weighted by molar-refractivity contribution is 0.0701. The van der Waals surface area contributed by atoms with Crippen molar-refractivity contribution in [3.63, 3.8) is 0 Å². The van der Waals surface area contributed by atoms with Gasteiger partial charge in [0.15, 0.2) is 0 Å². The Morgan fingerprint density at radius 3 is 2.67 bits per heavy atom. The van der Waals surface area contributed by atoms with Crippen molar-refractivity contribution in [1.82, 2.24) is 10.2 Å². The largest absolute Gasteiger partial charge is 0.335 e. The molecule has 1 amide bonds. The van der Waals surface area contributed by atoms with Gasteiger partial charge in [0, 0.05) is 23.2 Å². The summed E-state index contributed by atoms with van der Waals surface area (Å²) >= 11 is 6.07. The Hall–Kier alpha value is -1.06. The predicted octanol–water partition coefficient (Wildman–Crippen LogP) is 3.25. The number of nitrogens with one attached hydrogen (secondary N) is 1. The number of hydrogen-bond acceptors (Lipinski definition) is 2. The standard InChI is InChI=1S/C17H23ClN2O/c1-12-2-3-14(18)10-16(12)17(21)20(15-4-5-15)11-13-6-8-19-9-7-13/h2-3,10,13,15,19H,4-9,11H2,1H3. The van der Waals surface area contributed by atoms with Gasteiger partial charge in [0.1, 0.15) is 0 Å². The second-order valence-corrected chi connectivity index (χ2v) is 6.78. The Balaban J connectivity index is 1.76. The second kappa shape index (κ2) is 6.37. The fourth-order valence-electron chi connectivity index (χ4n) is 3.11. The van der Waals surface area contributed by atoms with E-state index < -0.39 is 0 Å². The van der Waals surface area contributed by atoms with Gasteiger partial charge in [-0.15, -0.1) is 0 Å². The van der Waals surface area contributed by atoms with Gasteiger partial charge in [-0.05, 0) is 69.3 Å². The molecule has 1 saturated carbocycles. The van der Waals surface area contributed by atoms with Crippen LogP contribution in [0.2, 0.25) is 5.02 Å². The number of amides is 1. The van der Waals surface area contributed by atoms with Crippen LogP contribution in [0.15, 0.2) is 18.2 Å². The molecule has 0 aromatic heterocycles. The Morgan fingerprint density at radius 2 is 2.00 bits per heavy atom. The van der Waals surface area contributed by atoms with Crippen LogP contribution < -0.4 is 5.32 Å². The predicted molar refractivity (Wildman–Crippen MR) is 85.8 cm³/mol. The molecule has 4 heteroatoms. The number of carbonyl (C=O) groups is 1. The van der Waals surface area contributed by atoms with Crippen LogP contribution in [0.3, 0.4) is 0 Å². The van der Waals surface area contributed by atoms with Crippen LogP contribution in [-0.4, -0.2) is 36.5 Å². The number of aryl methyl sites for hydroxylation is 1. The fourth-order valence-corrected chi connectivity index (χ4v) is 3.28. The van der Waals surface area contributed by atoms with Crippen molar-refractivity contribution in [1.29, 1.82) is 0 Å². The van der Waals surface area contributed by atoms with E-state index in [0.29, 0.717) is 17.0 Å². The highest BCUT2D eigenvalue weighted by Crippen LogP contribution is 2.31. The molecule has 1 saturated heterocycles. The summed E-state index contributed by atoms with van der Waals surface area (Å²) in [6.07, 6.45) is 4.64. The number of benzene rings is 1. The summed E-state index contributed by atoms with van der Waals surface area (Å²) in [4.78, 5) is 15.0. The zero-order valence-corrected chi connectivity index (χ0v) is 13.3. The molecular formula is C17H23ClN2O. The van der Waals surface area contributed by atoms with Gasteiger partial charge in [-0.2, -0.15) is 0 Å². The maximum atomic E-state index is 12.9. The van der Waals surface area contributed by atoms with E-state index in [2.05, 4.69) is 10.2 Å². The first-order valence-corrected chi connectivity index (χ1v) is 8.31. The summed E-state index contributed by atoms with van der Waals surface area (Å²) in [7, 11) is 0. The van der Waals surface area contributed by atoms with Crippen molar-refractivity contribution in [2.45, 2.75) is 38.6 Å². The number of halogens is 1. The molecule has 2 fully saturated rings. The third-order valence-electron chi connectivity index (χ3n) is 4.59. The Bertz CT molecular complexity index is 522. The zero-order valence-electron chi connectivity index (χ0n) is 12.6.